The summed E-state index contributed by atoms with van der Waals surface area (Å²) in [5.74, 6) is -0.592. The van der Waals surface area contributed by atoms with Crippen LogP contribution in [0.15, 0.2) is 24.3 Å². The maximum absolute atomic E-state index is 12.7. The van der Waals surface area contributed by atoms with Gasteiger partial charge in [0.1, 0.15) is 11.4 Å². The maximum Gasteiger partial charge on any atom is 0.238 e. The van der Waals surface area contributed by atoms with E-state index in [2.05, 4.69) is 5.32 Å². The van der Waals surface area contributed by atoms with E-state index in [4.69, 9.17) is 5.73 Å². The van der Waals surface area contributed by atoms with Crippen LogP contribution in [0.25, 0.3) is 0 Å². The summed E-state index contributed by atoms with van der Waals surface area (Å²) in [6.07, 6.45) is 2.23. The van der Waals surface area contributed by atoms with Crippen molar-refractivity contribution >= 4 is 5.91 Å². The first-order valence-corrected chi connectivity index (χ1v) is 5.42. The van der Waals surface area contributed by atoms with Gasteiger partial charge in [-0.3, -0.25) is 4.79 Å². The van der Waals surface area contributed by atoms with E-state index in [1.54, 1.807) is 12.1 Å². The Labute approximate surface area is 93.8 Å². The van der Waals surface area contributed by atoms with Crippen molar-refractivity contribution < 1.29 is 9.18 Å². The molecule has 1 aromatic carbocycles. The molecular weight excluding hydrogens is 207 g/mol. The van der Waals surface area contributed by atoms with E-state index >= 15 is 0 Å². The van der Waals surface area contributed by atoms with Gasteiger partial charge in [-0.1, -0.05) is 12.1 Å². The third kappa shape index (κ3) is 2.07. The molecule has 1 aliphatic rings. The van der Waals surface area contributed by atoms with Crippen LogP contribution in [0, 0.1) is 5.82 Å². The van der Waals surface area contributed by atoms with E-state index in [-0.39, 0.29) is 11.7 Å². The van der Waals surface area contributed by atoms with Gasteiger partial charge in [0, 0.05) is 0 Å². The SMILES string of the molecule is NC(=O)C1(Cc2ccc(F)cc2)CCCN1. The smallest absolute Gasteiger partial charge is 0.238 e. The fraction of sp³-hybridized carbons (Fsp3) is 0.417. The number of nitrogens with one attached hydrogen (secondary N) is 1. The van der Waals surface area contributed by atoms with Crippen molar-refractivity contribution in [3.8, 4) is 0 Å². The average molecular weight is 222 g/mol. The zero-order valence-corrected chi connectivity index (χ0v) is 9.00. The summed E-state index contributed by atoms with van der Waals surface area (Å²) in [6.45, 7) is 0.810. The number of hydrogen-bond donors (Lipinski definition) is 2. The summed E-state index contributed by atoms with van der Waals surface area (Å²) in [4.78, 5) is 11.5. The highest BCUT2D eigenvalue weighted by molar-refractivity contribution is 5.85. The minimum atomic E-state index is -0.641. The van der Waals surface area contributed by atoms with Crippen LogP contribution in [-0.2, 0) is 11.2 Å². The van der Waals surface area contributed by atoms with Crippen LogP contribution in [-0.4, -0.2) is 18.0 Å². The summed E-state index contributed by atoms with van der Waals surface area (Å²) in [5.41, 5.74) is 5.72. The second-order valence-electron chi connectivity index (χ2n) is 4.28. The predicted molar refractivity (Wildman–Crippen MR) is 59.3 cm³/mol. The number of hydrogen-bond acceptors (Lipinski definition) is 2. The molecule has 1 heterocycles. The molecule has 0 radical (unpaired) electrons. The first-order chi connectivity index (χ1) is 7.62. The maximum atomic E-state index is 12.7. The van der Waals surface area contributed by atoms with Gasteiger partial charge < -0.3 is 11.1 Å². The van der Waals surface area contributed by atoms with Crippen molar-refractivity contribution in [3.63, 3.8) is 0 Å². The lowest BCUT2D eigenvalue weighted by molar-refractivity contribution is -0.123. The van der Waals surface area contributed by atoms with Crippen molar-refractivity contribution in [3.05, 3.63) is 35.6 Å². The number of primary amides is 1. The lowest BCUT2D eigenvalue weighted by Gasteiger charge is -2.25. The molecule has 1 amide bonds. The van der Waals surface area contributed by atoms with Crippen molar-refractivity contribution in [2.75, 3.05) is 6.54 Å². The van der Waals surface area contributed by atoms with Gasteiger partial charge in [-0.2, -0.15) is 0 Å². The molecule has 1 saturated heterocycles. The minimum Gasteiger partial charge on any atom is -0.368 e. The molecule has 3 nitrogen and oxygen atoms in total. The Morgan fingerprint density at radius 3 is 2.62 bits per heavy atom. The van der Waals surface area contributed by atoms with Crippen molar-refractivity contribution in [1.82, 2.24) is 5.32 Å². The van der Waals surface area contributed by atoms with Gasteiger partial charge in [-0.25, -0.2) is 4.39 Å². The second-order valence-corrected chi connectivity index (χ2v) is 4.28. The first-order valence-electron chi connectivity index (χ1n) is 5.42. The zero-order valence-electron chi connectivity index (χ0n) is 9.00. The molecule has 1 fully saturated rings. The Morgan fingerprint density at radius 2 is 2.12 bits per heavy atom. The number of amides is 1. The van der Waals surface area contributed by atoms with E-state index < -0.39 is 5.54 Å². The number of benzene rings is 1. The van der Waals surface area contributed by atoms with Gasteiger partial charge in [0.25, 0.3) is 0 Å². The molecule has 4 heteroatoms. The van der Waals surface area contributed by atoms with Crippen LogP contribution in [0.5, 0.6) is 0 Å². The van der Waals surface area contributed by atoms with Crippen LogP contribution in [0.2, 0.25) is 0 Å². The van der Waals surface area contributed by atoms with Gasteiger partial charge >= 0.3 is 0 Å². The molecule has 16 heavy (non-hydrogen) atoms. The van der Waals surface area contributed by atoms with Crippen LogP contribution >= 0.6 is 0 Å². The van der Waals surface area contributed by atoms with E-state index in [0.717, 1.165) is 24.9 Å². The Hall–Kier alpha value is -1.42. The summed E-state index contributed by atoms with van der Waals surface area (Å²) in [6, 6.07) is 6.19. The molecule has 0 saturated carbocycles. The van der Waals surface area contributed by atoms with Gasteiger partial charge in [0.15, 0.2) is 0 Å². The predicted octanol–water partition coefficient (Wildman–Crippen LogP) is 0.976. The molecule has 0 aromatic heterocycles. The molecule has 1 atom stereocenters. The molecule has 3 N–H and O–H groups in total. The van der Waals surface area contributed by atoms with Crippen molar-refractivity contribution in [2.45, 2.75) is 24.8 Å². The van der Waals surface area contributed by atoms with Gasteiger partial charge in [-0.05, 0) is 43.5 Å². The molecule has 1 aromatic rings. The highest BCUT2D eigenvalue weighted by Crippen LogP contribution is 2.23. The minimum absolute atomic E-state index is 0.267. The van der Waals surface area contributed by atoms with Gasteiger partial charge in [0.05, 0.1) is 0 Å². The van der Waals surface area contributed by atoms with Gasteiger partial charge in [-0.15, -0.1) is 0 Å². The number of carbonyl (C=O) groups excluding carboxylic acids is 1. The third-order valence-electron chi connectivity index (χ3n) is 3.13. The van der Waals surface area contributed by atoms with E-state index in [1.165, 1.54) is 12.1 Å². The molecule has 1 unspecified atom stereocenters. The van der Waals surface area contributed by atoms with E-state index in [0.29, 0.717) is 6.42 Å². The highest BCUT2D eigenvalue weighted by Gasteiger charge is 2.39. The first kappa shape index (κ1) is 11.1. The molecule has 2 rings (SSSR count). The van der Waals surface area contributed by atoms with E-state index in [9.17, 15) is 9.18 Å². The Bertz CT molecular complexity index is 383. The zero-order chi connectivity index (χ0) is 11.6. The molecular formula is C12H15FN2O. The highest BCUT2D eigenvalue weighted by atomic mass is 19.1. The second kappa shape index (κ2) is 4.22. The summed E-state index contributed by atoms with van der Waals surface area (Å²) in [7, 11) is 0. The fourth-order valence-corrected chi connectivity index (χ4v) is 2.21. The fourth-order valence-electron chi connectivity index (χ4n) is 2.21. The lowest BCUT2D eigenvalue weighted by atomic mass is 9.88. The standard InChI is InChI=1S/C12H15FN2O/c13-10-4-2-9(3-5-10)8-12(11(14)16)6-1-7-15-12/h2-5,15H,1,6-8H2,(H2,14,16). The summed E-state index contributed by atoms with van der Waals surface area (Å²) < 4.78 is 12.7. The molecule has 0 aliphatic carbocycles. The number of halogens is 1. The summed E-state index contributed by atoms with van der Waals surface area (Å²) >= 11 is 0. The average Bonchev–Trinajstić information content (AvgIpc) is 2.71. The summed E-state index contributed by atoms with van der Waals surface area (Å²) in [5, 5.41) is 3.16. The molecule has 0 bridgehead atoms. The van der Waals surface area contributed by atoms with Crippen LogP contribution in [0.4, 0.5) is 4.39 Å². The normalized spacial score (nSPS) is 24.6. The number of nitrogens with two attached hydrogens (primary N) is 1. The van der Waals surface area contributed by atoms with Crippen molar-refractivity contribution in [1.29, 1.82) is 0 Å². The van der Waals surface area contributed by atoms with Gasteiger partial charge in [0.2, 0.25) is 5.91 Å². The number of carbonyl (C=O) groups is 1. The van der Waals surface area contributed by atoms with Crippen LogP contribution < -0.4 is 11.1 Å². The van der Waals surface area contributed by atoms with Crippen molar-refractivity contribution in [2.24, 2.45) is 5.73 Å². The lowest BCUT2D eigenvalue weighted by Crippen LogP contribution is -2.53. The topological polar surface area (TPSA) is 55.1 Å². The molecule has 1 aliphatic heterocycles. The van der Waals surface area contributed by atoms with Crippen LogP contribution in [0.1, 0.15) is 18.4 Å². The Kier molecular flexibility index (Phi) is 2.92. The quantitative estimate of drug-likeness (QED) is 0.800. The Morgan fingerprint density at radius 1 is 1.44 bits per heavy atom. The van der Waals surface area contributed by atoms with E-state index in [1.807, 2.05) is 0 Å². The Balaban J connectivity index is 2.18. The number of rotatable bonds is 3. The molecule has 0 spiro atoms. The van der Waals surface area contributed by atoms with Crippen LogP contribution in [0.3, 0.4) is 0 Å². The largest absolute Gasteiger partial charge is 0.368 e. The third-order valence-corrected chi connectivity index (χ3v) is 3.13. The monoisotopic (exact) mass is 222 g/mol. The molecule has 86 valence electrons.